The summed E-state index contributed by atoms with van der Waals surface area (Å²) in [6.45, 7) is 6.50. The van der Waals surface area contributed by atoms with E-state index in [-0.39, 0.29) is 24.7 Å². The molecule has 4 rings (SSSR count). The summed E-state index contributed by atoms with van der Waals surface area (Å²) in [7, 11) is 0. The van der Waals surface area contributed by atoms with E-state index in [1.807, 2.05) is 56.5 Å². The quantitative estimate of drug-likeness (QED) is 0.426. The highest BCUT2D eigenvalue weighted by Gasteiger charge is 2.14. The van der Waals surface area contributed by atoms with Crippen LogP contribution in [0.5, 0.6) is 0 Å². The maximum absolute atomic E-state index is 12.3. The molecule has 9 heteroatoms. The van der Waals surface area contributed by atoms with Gasteiger partial charge >= 0.3 is 6.03 Å². The first-order valence-corrected chi connectivity index (χ1v) is 11.8. The Hall–Kier alpha value is -3.30. The summed E-state index contributed by atoms with van der Waals surface area (Å²) in [6, 6.07) is 12.7. The molecule has 2 N–H and O–H groups in total. The molecule has 7 nitrogen and oxygen atoms in total. The van der Waals surface area contributed by atoms with Gasteiger partial charge in [-0.05, 0) is 61.5 Å². The lowest BCUT2D eigenvalue weighted by Crippen LogP contribution is -2.34. The van der Waals surface area contributed by atoms with Gasteiger partial charge in [0, 0.05) is 18.3 Å². The Morgan fingerprint density at radius 1 is 1.09 bits per heavy atom. The van der Waals surface area contributed by atoms with Crippen LogP contribution in [0.2, 0.25) is 0 Å². The second-order valence-corrected chi connectivity index (χ2v) is 9.32. The first kappa shape index (κ1) is 21.9. The number of aromatic nitrogens is 3. The summed E-state index contributed by atoms with van der Waals surface area (Å²) in [5, 5.41) is 13.1. The zero-order valence-electron chi connectivity index (χ0n) is 18.0. The SMILES string of the molecule is Cc1ccc(NC(=O)NCCn2nc(-c3sc(-c4cccs4)nc3C)ccc2=O)cc1C. The number of thiazole rings is 1. The number of benzene rings is 1. The van der Waals surface area contributed by atoms with E-state index < -0.39 is 0 Å². The third-order valence-electron chi connectivity index (χ3n) is 5.00. The number of hydrogen-bond donors (Lipinski definition) is 2. The molecule has 0 unspecified atom stereocenters. The minimum atomic E-state index is -0.323. The van der Waals surface area contributed by atoms with Gasteiger partial charge in [0.25, 0.3) is 5.56 Å². The Morgan fingerprint density at radius 3 is 2.69 bits per heavy atom. The van der Waals surface area contributed by atoms with Crippen LogP contribution in [-0.4, -0.2) is 27.3 Å². The lowest BCUT2D eigenvalue weighted by Gasteiger charge is -2.10. The number of thiophene rings is 1. The highest BCUT2D eigenvalue weighted by Crippen LogP contribution is 2.35. The van der Waals surface area contributed by atoms with Gasteiger partial charge in [0.05, 0.1) is 22.0 Å². The van der Waals surface area contributed by atoms with E-state index >= 15 is 0 Å². The van der Waals surface area contributed by atoms with Gasteiger partial charge in [0.15, 0.2) is 0 Å². The normalized spacial score (nSPS) is 10.8. The van der Waals surface area contributed by atoms with Gasteiger partial charge in [-0.25, -0.2) is 14.5 Å². The Kier molecular flexibility index (Phi) is 6.48. The standard InChI is InChI=1S/C23H23N5O2S2/c1-14-6-7-17(13-15(14)2)26-23(30)24-10-11-28-20(29)9-8-18(27-28)21-16(3)25-22(32-21)19-5-4-12-31-19/h4-9,12-13H,10-11H2,1-3H3,(H2,24,26,30). The molecule has 0 bridgehead atoms. The zero-order chi connectivity index (χ0) is 22.7. The number of aryl methyl sites for hydroxylation is 3. The number of carbonyl (C=O) groups excluding carboxylic acids is 1. The molecule has 2 amide bonds. The third-order valence-corrected chi connectivity index (χ3v) is 7.22. The number of carbonyl (C=O) groups is 1. The van der Waals surface area contributed by atoms with Crippen LogP contribution < -0.4 is 16.2 Å². The van der Waals surface area contributed by atoms with Gasteiger partial charge in [-0.2, -0.15) is 5.10 Å². The van der Waals surface area contributed by atoms with Crippen LogP contribution in [0.3, 0.4) is 0 Å². The van der Waals surface area contributed by atoms with Crippen LogP contribution in [0.15, 0.2) is 52.6 Å². The number of nitrogens with one attached hydrogen (secondary N) is 2. The van der Waals surface area contributed by atoms with E-state index in [4.69, 9.17) is 0 Å². The molecule has 4 aromatic rings. The molecule has 32 heavy (non-hydrogen) atoms. The number of urea groups is 1. The minimum Gasteiger partial charge on any atom is -0.336 e. The van der Waals surface area contributed by atoms with E-state index in [1.54, 1.807) is 28.7 Å². The molecular formula is C23H23N5O2S2. The third kappa shape index (κ3) is 4.95. The first-order chi connectivity index (χ1) is 15.4. The van der Waals surface area contributed by atoms with Gasteiger partial charge < -0.3 is 10.6 Å². The number of amides is 2. The highest BCUT2D eigenvalue weighted by atomic mass is 32.1. The molecule has 0 aliphatic rings. The average molecular weight is 466 g/mol. The van der Waals surface area contributed by atoms with E-state index in [9.17, 15) is 9.59 Å². The van der Waals surface area contributed by atoms with E-state index in [2.05, 4.69) is 20.7 Å². The van der Waals surface area contributed by atoms with E-state index in [1.165, 1.54) is 16.3 Å². The van der Waals surface area contributed by atoms with Crippen LogP contribution in [0.25, 0.3) is 20.5 Å². The predicted molar refractivity (Wildman–Crippen MR) is 131 cm³/mol. The summed E-state index contributed by atoms with van der Waals surface area (Å²) >= 11 is 3.20. The van der Waals surface area contributed by atoms with Crippen molar-refractivity contribution in [3.05, 3.63) is 75.0 Å². The Balaban J connectivity index is 1.42. The van der Waals surface area contributed by atoms with Crippen molar-refractivity contribution in [3.8, 4) is 20.5 Å². The molecule has 0 radical (unpaired) electrons. The lowest BCUT2D eigenvalue weighted by molar-refractivity contribution is 0.251. The molecule has 0 aliphatic heterocycles. The van der Waals surface area contributed by atoms with Gasteiger partial charge in [0.1, 0.15) is 10.7 Å². The van der Waals surface area contributed by atoms with Crippen LogP contribution in [0.4, 0.5) is 10.5 Å². The van der Waals surface area contributed by atoms with Crippen LogP contribution >= 0.6 is 22.7 Å². The maximum atomic E-state index is 12.3. The van der Waals surface area contributed by atoms with Gasteiger partial charge in [0.2, 0.25) is 0 Å². The summed E-state index contributed by atoms with van der Waals surface area (Å²) in [4.78, 5) is 31.2. The van der Waals surface area contributed by atoms with Crippen molar-refractivity contribution in [1.82, 2.24) is 20.1 Å². The molecule has 0 aliphatic carbocycles. The molecule has 0 saturated carbocycles. The van der Waals surface area contributed by atoms with Crippen LogP contribution in [-0.2, 0) is 6.54 Å². The fraction of sp³-hybridized carbons (Fsp3) is 0.217. The summed E-state index contributed by atoms with van der Waals surface area (Å²) in [5.74, 6) is 0. The largest absolute Gasteiger partial charge is 0.336 e. The fourth-order valence-electron chi connectivity index (χ4n) is 3.14. The fourth-order valence-corrected chi connectivity index (χ4v) is 4.97. The smallest absolute Gasteiger partial charge is 0.319 e. The zero-order valence-corrected chi connectivity index (χ0v) is 19.6. The lowest BCUT2D eigenvalue weighted by atomic mass is 10.1. The summed E-state index contributed by atoms with van der Waals surface area (Å²) in [5.41, 5.74) is 4.36. The van der Waals surface area contributed by atoms with Crippen molar-refractivity contribution in [2.45, 2.75) is 27.3 Å². The topological polar surface area (TPSA) is 88.9 Å². The van der Waals surface area contributed by atoms with Crippen LogP contribution in [0.1, 0.15) is 16.8 Å². The Bertz CT molecular complexity index is 1310. The summed E-state index contributed by atoms with van der Waals surface area (Å²) < 4.78 is 1.37. The first-order valence-electron chi connectivity index (χ1n) is 10.1. The van der Waals surface area contributed by atoms with E-state index in [0.29, 0.717) is 5.69 Å². The molecule has 0 atom stereocenters. The molecule has 0 fully saturated rings. The van der Waals surface area contributed by atoms with Crippen molar-refractivity contribution < 1.29 is 4.79 Å². The molecule has 0 spiro atoms. The number of nitrogens with zero attached hydrogens (tertiary/aromatic N) is 3. The van der Waals surface area contributed by atoms with Gasteiger partial charge in [-0.3, -0.25) is 4.79 Å². The maximum Gasteiger partial charge on any atom is 0.319 e. The molecular weight excluding hydrogens is 442 g/mol. The van der Waals surface area contributed by atoms with E-state index in [0.717, 1.165) is 31.7 Å². The van der Waals surface area contributed by atoms with Gasteiger partial charge in [-0.15, -0.1) is 22.7 Å². The molecule has 164 valence electrons. The molecule has 1 aromatic carbocycles. The number of rotatable bonds is 6. The number of anilines is 1. The van der Waals surface area contributed by atoms with Crippen molar-refractivity contribution in [2.24, 2.45) is 0 Å². The highest BCUT2D eigenvalue weighted by molar-refractivity contribution is 7.23. The van der Waals surface area contributed by atoms with Crippen molar-refractivity contribution >= 4 is 34.4 Å². The van der Waals surface area contributed by atoms with Crippen molar-refractivity contribution in [3.63, 3.8) is 0 Å². The molecule has 0 saturated heterocycles. The summed E-state index contributed by atoms with van der Waals surface area (Å²) in [6.07, 6.45) is 0. The van der Waals surface area contributed by atoms with Gasteiger partial charge in [-0.1, -0.05) is 12.1 Å². The Labute approximate surface area is 193 Å². The average Bonchev–Trinajstić information content (AvgIpc) is 3.42. The van der Waals surface area contributed by atoms with Crippen LogP contribution in [0, 0.1) is 20.8 Å². The van der Waals surface area contributed by atoms with Crippen molar-refractivity contribution in [1.29, 1.82) is 0 Å². The predicted octanol–water partition coefficient (Wildman–Crippen LogP) is 4.84. The monoisotopic (exact) mass is 465 g/mol. The second-order valence-electron chi connectivity index (χ2n) is 7.37. The number of hydrogen-bond acceptors (Lipinski definition) is 6. The molecule has 3 aromatic heterocycles. The molecule has 3 heterocycles. The minimum absolute atomic E-state index is 0.217. The van der Waals surface area contributed by atoms with Crippen molar-refractivity contribution in [2.75, 3.05) is 11.9 Å². The second kappa shape index (κ2) is 9.46. The Morgan fingerprint density at radius 2 is 1.94 bits per heavy atom.